The lowest BCUT2D eigenvalue weighted by molar-refractivity contribution is -0.129. The van der Waals surface area contributed by atoms with E-state index in [0.717, 1.165) is 21.9 Å². The number of carbonyl (C=O) groups excluding carboxylic acids is 1. The Hall–Kier alpha value is -2.50. The first kappa shape index (κ1) is 19.8. The second-order valence-corrected chi connectivity index (χ2v) is 8.89. The van der Waals surface area contributed by atoms with Crippen molar-refractivity contribution >= 4 is 17.2 Å². The van der Waals surface area contributed by atoms with Crippen LogP contribution in [0.1, 0.15) is 49.5 Å². The van der Waals surface area contributed by atoms with E-state index in [1.54, 1.807) is 16.8 Å². The number of carbonyl (C=O) groups is 1. The van der Waals surface area contributed by atoms with E-state index in [1.807, 2.05) is 24.4 Å². The average molecular weight is 407 g/mol. The third-order valence-electron chi connectivity index (χ3n) is 5.80. The number of amides is 1. The molecule has 4 rings (SSSR count). The van der Waals surface area contributed by atoms with Crippen LogP contribution in [0.5, 0.6) is 0 Å². The Labute approximate surface area is 175 Å². The van der Waals surface area contributed by atoms with E-state index in [-0.39, 0.29) is 18.2 Å². The molecule has 4 nitrogen and oxygen atoms in total. The van der Waals surface area contributed by atoms with E-state index in [1.165, 1.54) is 36.8 Å². The molecule has 1 unspecified atom stereocenters. The normalized spacial score (nSPS) is 15.3. The number of hydrogen-bond acceptors (Lipinski definition) is 4. The Morgan fingerprint density at radius 3 is 2.38 bits per heavy atom. The van der Waals surface area contributed by atoms with Crippen molar-refractivity contribution in [3.63, 3.8) is 0 Å². The molecule has 0 radical (unpaired) electrons. The van der Waals surface area contributed by atoms with Crippen LogP contribution >= 0.6 is 11.3 Å². The van der Waals surface area contributed by atoms with E-state index < -0.39 is 0 Å². The summed E-state index contributed by atoms with van der Waals surface area (Å²) in [6, 6.07) is 18.9. The van der Waals surface area contributed by atoms with Gasteiger partial charge in [-0.15, -0.1) is 11.3 Å². The molecule has 1 aliphatic rings. The van der Waals surface area contributed by atoms with Crippen LogP contribution in [0.2, 0.25) is 0 Å². The number of hydrogen-bond donors (Lipinski definition) is 2. The van der Waals surface area contributed by atoms with Crippen molar-refractivity contribution in [2.75, 3.05) is 0 Å². The van der Waals surface area contributed by atoms with E-state index in [4.69, 9.17) is 5.21 Å². The molecule has 1 aromatic heterocycles. The first-order chi connectivity index (χ1) is 14.2. The predicted molar refractivity (Wildman–Crippen MR) is 117 cm³/mol. The molecule has 2 N–H and O–H groups in total. The van der Waals surface area contributed by atoms with E-state index >= 15 is 0 Å². The van der Waals surface area contributed by atoms with Crippen LogP contribution in [0.25, 0.3) is 21.6 Å². The largest absolute Gasteiger partial charge is 0.289 e. The molecule has 1 heterocycles. The quantitative estimate of drug-likeness (QED) is 0.372. The van der Waals surface area contributed by atoms with Crippen molar-refractivity contribution in [2.24, 2.45) is 5.92 Å². The summed E-state index contributed by atoms with van der Waals surface area (Å²) in [6.07, 6.45) is 8.18. The Kier molecular flexibility index (Phi) is 6.37. The molecular weight excluding hydrogens is 380 g/mol. The number of rotatable bonds is 7. The number of nitrogens with one attached hydrogen (secondary N) is 1. The fourth-order valence-electron chi connectivity index (χ4n) is 4.26. The van der Waals surface area contributed by atoms with Gasteiger partial charge in [0.1, 0.15) is 0 Å². The Morgan fingerprint density at radius 1 is 1.03 bits per heavy atom. The second-order valence-electron chi connectivity index (χ2n) is 7.83. The van der Waals surface area contributed by atoms with Crippen molar-refractivity contribution in [2.45, 2.75) is 44.4 Å². The predicted octanol–water partition coefficient (Wildman–Crippen LogP) is 6.04. The lowest BCUT2D eigenvalue weighted by Gasteiger charge is -2.17. The number of nitrogens with zero attached hydrogens (tertiary/aromatic N) is 1. The topological polar surface area (TPSA) is 62.2 Å². The highest BCUT2D eigenvalue weighted by molar-refractivity contribution is 7.15. The minimum atomic E-state index is -0.336. The summed E-state index contributed by atoms with van der Waals surface area (Å²) in [6.45, 7) is 0. The van der Waals surface area contributed by atoms with Crippen LogP contribution in [0.4, 0.5) is 0 Å². The minimum absolute atomic E-state index is 0.0626. The number of benzene rings is 2. The van der Waals surface area contributed by atoms with Gasteiger partial charge in [0, 0.05) is 18.5 Å². The zero-order chi connectivity index (χ0) is 20.1. The van der Waals surface area contributed by atoms with Crippen molar-refractivity contribution < 1.29 is 10.0 Å². The second kappa shape index (κ2) is 9.33. The van der Waals surface area contributed by atoms with E-state index in [2.05, 4.69) is 41.4 Å². The lowest BCUT2D eigenvalue weighted by atomic mass is 9.91. The van der Waals surface area contributed by atoms with Gasteiger partial charge in [0.2, 0.25) is 5.91 Å². The van der Waals surface area contributed by atoms with Crippen LogP contribution in [0.3, 0.4) is 0 Å². The van der Waals surface area contributed by atoms with E-state index in [9.17, 15) is 4.79 Å². The molecule has 0 spiro atoms. The zero-order valence-electron chi connectivity index (χ0n) is 16.4. The van der Waals surface area contributed by atoms with Crippen LogP contribution in [0.15, 0.2) is 60.8 Å². The van der Waals surface area contributed by atoms with Crippen molar-refractivity contribution in [1.29, 1.82) is 0 Å². The number of aromatic nitrogens is 1. The summed E-state index contributed by atoms with van der Waals surface area (Å²) in [7, 11) is 0. The van der Waals surface area contributed by atoms with Crippen LogP contribution in [-0.2, 0) is 4.79 Å². The van der Waals surface area contributed by atoms with Crippen molar-refractivity contribution in [3.05, 3.63) is 65.8 Å². The summed E-state index contributed by atoms with van der Waals surface area (Å²) in [5, 5.41) is 9.97. The summed E-state index contributed by atoms with van der Waals surface area (Å²) in [5.74, 6) is 0.383. The zero-order valence-corrected chi connectivity index (χ0v) is 17.2. The van der Waals surface area contributed by atoms with Gasteiger partial charge in [0.25, 0.3) is 0 Å². The molecule has 1 amide bonds. The molecule has 150 valence electrons. The van der Waals surface area contributed by atoms with Gasteiger partial charge < -0.3 is 0 Å². The van der Waals surface area contributed by atoms with Crippen molar-refractivity contribution in [1.82, 2.24) is 10.5 Å². The number of thiazole rings is 1. The summed E-state index contributed by atoms with van der Waals surface area (Å²) >= 11 is 1.66. The molecule has 5 heteroatoms. The highest BCUT2D eigenvalue weighted by Crippen LogP contribution is 2.39. The molecule has 1 aliphatic carbocycles. The maximum atomic E-state index is 11.8. The molecule has 1 saturated carbocycles. The smallest absolute Gasteiger partial charge is 0.244 e. The standard InChI is InChI=1S/C24H26N2O2S/c27-23(26-28)15-21(14-17-6-4-5-7-17)24-25-16-22(29-24)20-12-10-19(11-13-20)18-8-2-1-3-9-18/h1-3,8-13,16-17,21,28H,4-7,14-15H2,(H,26,27). The summed E-state index contributed by atoms with van der Waals surface area (Å²) in [5.41, 5.74) is 5.32. The minimum Gasteiger partial charge on any atom is -0.289 e. The average Bonchev–Trinajstić information content (AvgIpc) is 3.46. The Bertz CT molecular complexity index is 931. The molecule has 3 aromatic rings. The van der Waals surface area contributed by atoms with Gasteiger partial charge in [-0.1, -0.05) is 80.3 Å². The molecule has 1 fully saturated rings. The highest BCUT2D eigenvalue weighted by Gasteiger charge is 2.25. The summed E-state index contributed by atoms with van der Waals surface area (Å²) < 4.78 is 0. The van der Waals surface area contributed by atoms with Gasteiger partial charge in [0.15, 0.2) is 0 Å². The lowest BCUT2D eigenvalue weighted by Crippen LogP contribution is -2.22. The van der Waals surface area contributed by atoms with E-state index in [0.29, 0.717) is 5.92 Å². The summed E-state index contributed by atoms with van der Waals surface area (Å²) in [4.78, 5) is 17.6. The fourth-order valence-corrected chi connectivity index (χ4v) is 5.29. The van der Waals surface area contributed by atoms with Gasteiger partial charge in [-0.2, -0.15) is 0 Å². The van der Waals surface area contributed by atoms with Crippen LogP contribution in [0, 0.1) is 5.92 Å². The first-order valence-corrected chi connectivity index (χ1v) is 11.1. The monoisotopic (exact) mass is 406 g/mol. The maximum Gasteiger partial charge on any atom is 0.244 e. The fraction of sp³-hybridized carbons (Fsp3) is 0.333. The molecule has 1 atom stereocenters. The molecule has 29 heavy (non-hydrogen) atoms. The first-order valence-electron chi connectivity index (χ1n) is 10.3. The maximum absolute atomic E-state index is 11.8. The van der Waals surface area contributed by atoms with Gasteiger partial charge in [0.05, 0.1) is 9.88 Å². The number of hydroxylamine groups is 1. The highest BCUT2D eigenvalue weighted by atomic mass is 32.1. The molecule has 0 bridgehead atoms. The molecule has 2 aromatic carbocycles. The molecule has 0 saturated heterocycles. The SMILES string of the molecule is O=C(CC(CC1CCCC1)c1ncc(-c2ccc(-c3ccccc3)cc2)s1)NO. The van der Waals surface area contributed by atoms with Crippen molar-refractivity contribution in [3.8, 4) is 21.6 Å². The Balaban J connectivity index is 1.52. The van der Waals surface area contributed by atoms with Gasteiger partial charge in [-0.25, -0.2) is 10.5 Å². The van der Waals surface area contributed by atoms with Crippen LogP contribution < -0.4 is 5.48 Å². The van der Waals surface area contributed by atoms with Gasteiger partial charge in [-0.05, 0) is 29.0 Å². The van der Waals surface area contributed by atoms with Gasteiger partial charge in [-0.3, -0.25) is 10.0 Å². The van der Waals surface area contributed by atoms with Crippen LogP contribution in [-0.4, -0.2) is 16.1 Å². The Morgan fingerprint density at radius 2 is 1.69 bits per heavy atom. The van der Waals surface area contributed by atoms with Gasteiger partial charge >= 0.3 is 0 Å². The third kappa shape index (κ3) is 4.92. The molecular formula is C24H26N2O2S. The molecule has 0 aliphatic heterocycles. The third-order valence-corrected chi connectivity index (χ3v) is 7.01.